The molecule has 130 valence electrons. The van der Waals surface area contributed by atoms with Crippen LogP contribution in [-0.4, -0.2) is 36.5 Å². The normalized spacial score (nSPS) is 10.0. The molecule has 25 heavy (non-hydrogen) atoms. The summed E-state index contributed by atoms with van der Waals surface area (Å²) in [4.78, 5) is 38.7. The molecule has 0 bridgehead atoms. The number of nitrogens with zero attached hydrogens (tertiary/aromatic N) is 1. The number of pyridine rings is 1. The molecule has 2 rings (SSSR count). The summed E-state index contributed by atoms with van der Waals surface area (Å²) in [6.45, 7) is -0.279. The molecule has 0 fully saturated rings. The Morgan fingerprint density at radius 1 is 1.16 bits per heavy atom. The van der Waals surface area contributed by atoms with E-state index in [9.17, 15) is 14.4 Å². The Kier molecular flexibility index (Phi) is 6.47. The Balaban J connectivity index is 1.79. The van der Waals surface area contributed by atoms with E-state index < -0.39 is 17.8 Å². The molecule has 7 nitrogen and oxygen atoms in total. The van der Waals surface area contributed by atoms with Crippen molar-refractivity contribution in [3.8, 4) is 0 Å². The molecule has 0 aliphatic rings. The minimum atomic E-state index is -0.604. The lowest BCUT2D eigenvalue weighted by Gasteiger charge is -2.07. The fourth-order valence-electron chi connectivity index (χ4n) is 1.84. The molecule has 1 heterocycles. The highest BCUT2D eigenvalue weighted by Gasteiger charge is 2.11. The van der Waals surface area contributed by atoms with Gasteiger partial charge in [-0.05, 0) is 29.8 Å². The van der Waals surface area contributed by atoms with Crippen LogP contribution in [-0.2, 0) is 20.9 Å². The summed E-state index contributed by atoms with van der Waals surface area (Å²) in [5.74, 6) is -1.57. The van der Waals surface area contributed by atoms with Crippen LogP contribution in [0.4, 0.5) is 0 Å². The van der Waals surface area contributed by atoms with Crippen LogP contribution in [0.25, 0.3) is 0 Å². The van der Waals surface area contributed by atoms with Crippen LogP contribution in [0.1, 0.15) is 26.4 Å². The molecule has 0 saturated carbocycles. The number of halogens is 1. The van der Waals surface area contributed by atoms with E-state index >= 15 is 0 Å². The minimum absolute atomic E-state index is 0.0194. The molecule has 0 saturated heterocycles. The smallest absolute Gasteiger partial charge is 0.337 e. The third-order valence-corrected chi connectivity index (χ3v) is 3.36. The number of hydrogen-bond acceptors (Lipinski definition) is 6. The number of methoxy groups -OCH3 is 1. The van der Waals surface area contributed by atoms with E-state index in [1.165, 1.54) is 25.4 Å². The first-order valence-electron chi connectivity index (χ1n) is 7.22. The number of rotatable bonds is 6. The number of carbonyl (C=O) groups excluding carboxylic acids is 3. The number of aromatic nitrogens is 1. The van der Waals surface area contributed by atoms with Gasteiger partial charge in [0.05, 0.1) is 12.7 Å². The molecular weight excluding hydrogens is 348 g/mol. The Morgan fingerprint density at radius 2 is 1.88 bits per heavy atom. The van der Waals surface area contributed by atoms with Crippen molar-refractivity contribution in [3.63, 3.8) is 0 Å². The third kappa shape index (κ3) is 5.58. The number of nitrogens with one attached hydrogen (secondary N) is 1. The molecular formula is C17H15ClN2O5. The summed E-state index contributed by atoms with van der Waals surface area (Å²) in [7, 11) is 1.30. The molecule has 1 aromatic heterocycles. The highest BCUT2D eigenvalue weighted by Crippen LogP contribution is 2.08. The van der Waals surface area contributed by atoms with E-state index in [0.717, 1.165) is 0 Å². The number of esters is 2. The lowest BCUT2D eigenvalue weighted by molar-refractivity contribution is -0.143. The number of carbonyl (C=O) groups is 3. The lowest BCUT2D eigenvalue weighted by atomic mass is 10.1. The van der Waals surface area contributed by atoms with Crippen molar-refractivity contribution >= 4 is 29.4 Å². The van der Waals surface area contributed by atoms with Crippen molar-refractivity contribution in [1.82, 2.24) is 10.3 Å². The van der Waals surface area contributed by atoms with E-state index in [2.05, 4.69) is 15.0 Å². The predicted molar refractivity (Wildman–Crippen MR) is 89.2 cm³/mol. The molecule has 0 aliphatic heterocycles. The summed E-state index contributed by atoms with van der Waals surface area (Å²) in [6, 6.07) is 9.37. The van der Waals surface area contributed by atoms with Gasteiger partial charge in [-0.15, -0.1) is 0 Å². The number of hydrogen-bond donors (Lipinski definition) is 1. The van der Waals surface area contributed by atoms with E-state index in [4.69, 9.17) is 16.3 Å². The van der Waals surface area contributed by atoms with Crippen LogP contribution in [0.15, 0.2) is 42.6 Å². The molecule has 8 heteroatoms. The summed E-state index contributed by atoms with van der Waals surface area (Å²) >= 11 is 5.77. The SMILES string of the molecule is COC(=O)c1ccc(COC(=O)CNC(=O)c2cc(Cl)ccn2)cc1. The van der Waals surface area contributed by atoms with Crippen LogP contribution in [0.2, 0.25) is 5.02 Å². The third-order valence-electron chi connectivity index (χ3n) is 3.12. The van der Waals surface area contributed by atoms with Gasteiger partial charge in [-0.3, -0.25) is 14.6 Å². The van der Waals surface area contributed by atoms with Gasteiger partial charge in [-0.1, -0.05) is 23.7 Å². The second kappa shape index (κ2) is 8.79. The minimum Gasteiger partial charge on any atom is -0.465 e. The molecule has 1 amide bonds. The maximum absolute atomic E-state index is 11.8. The average molecular weight is 363 g/mol. The zero-order chi connectivity index (χ0) is 18.2. The van der Waals surface area contributed by atoms with Gasteiger partial charge in [0.25, 0.3) is 5.91 Å². The standard InChI is InChI=1S/C17H15ClN2O5/c1-24-17(23)12-4-2-11(3-5-12)10-25-15(21)9-20-16(22)14-8-13(18)6-7-19-14/h2-8H,9-10H2,1H3,(H,20,22). The van der Waals surface area contributed by atoms with E-state index in [1.54, 1.807) is 24.3 Å². The van der Waals surface area contributed by atoms with Gasteiger partial charge < -0.3 is 14.8 Å². The van der Waals surface area contributed by atoms with Gasteiger partial charge in [0.2, 0.25) is 0 Å². The van der Waals surface area contributed by atoms with Crippen molar-refractivity contribution in [3.05, 3.63) is 64.4 Å². The number of benzene rings is 1. The quantitative estimate of drug-likeness (QED) is 0.790. The van der Waals surface area contributed by atoms with Crippen molar-refractivity contribution < 1.29 is 23.9 Å². The highest BCUT2D eigenvalue weighted by atomic mass is 35.5. The summed E-state index contributed by atoms with van der Waals surface area (Å²) < 4.78 is 9.64. The van der Waals surface area contributed by atoms with Gasteiger partial charge in [0.1, 0.15) is 18.8 Å². The number of ether oxygens (including phenoxy) is 2. The Hall–Kier alpha value is -2.93. The molecule has 2 aromatic rings. The van der Waals surface area contributed by atoms with Crippen molar-refractivity contribution in [2.24, 2.45) is 0 Å². The van der Waals surface area contributed by atoms with Crippen LogP contribution >= 0.6 is 11.6 Å². The molecule has 0 unspecified atom stereocenters. The molecule has 1 aromatic carbocycles. The lowest BCUT2D eigenvalue weighted by Crippen LogP contribution is -2.31. The molecule has 1 N–H and O–H groups in total. The van der Waals surface area contributed by atoms with E-state index in [1.807, 2.05) is 0 Å². The monoisotopic (exact) mass is 362 g/mol. The average Bonchev–Trinajstić information content (AvgIpc) is 2.64. The zero-order valence-electron chi connectivity index (χ0n) is 13.3. The maximum Gasteiger partial charge on any atom is 0.337 e. The summed E-state index contributed by atoms with van der Waals surface area (Å²) in [5, 5.41) is 2.77. The summed E-state index contributed by atoms with van der Waals surface area (Å²) in [6.07, 6.45) is 1.40. The van der Waals surface area contributed by atoms with Crippen molar-refractivity contribution in [1.29, 1.82) is 0 Å². The van der Waals surface area contributed by atoms with Crippen LogP contribution in [0.3, 0.4) is 0 Å². The second-order valence-corrected chi connectivity index (χ2v) is 5.33. The topological polar surface area (TPSA) is 94.6 Å². The van der Waals surface area contributed by atoms with Crippen LogP contribution in [0.5, 0.6) is 0 Å². The first kappa shape index (κ1) is 18.4. The highest BCUT2D eigenvalue weighted by molar-refractivity contribution is 6.30. The van der Waals surface area contributed by atoms with Crippen molar-refractivity contribution in [2.75, 3.05) is 13.7 Å². The molecule has 0 radical (unpaired) electrons. The van der Waals surface area contributed by atoms with Gasteiger partial charge in [0, 0.05) is 11.2 Å². The molecule has 0 spiro atoms. The Labute approximate surface area is 148 Å². The number of amides is 1. The fraction of sp³-hybridized carbons (Fsp3) is 0.176. The maximum atomic E-state index is 11.8. The molecule has 0 aliphatic carbocycles. The van der Waals surface area contributed by atoms with Crippen molar-refractivity contribution in [2.45, 2.75) is 6.61 Å². The first-order valence-corrected chi connectivity index (χ1v) is 7.60. The zero-order valence-corrected chi connectivity index (χ0v) is 14.1. The summed E-state index contributed by atoms with van der Waals surface area (Å²) in [5.41, 5.74) is 1.21. The van der Waals surface area contributed by atoms with Gasteiger partial charge in [-0.25, -0.2) is 4.79 Å². The Bertz CT molecular complexity index is 777. The van der Waals surface area contributed by atoms with Crippen LogP contribution < -0.4 is 5.32 Å². The fourth-order valence-corrected chi connectivity index (χ4v) is 2.00. The first-order chi connectivity index (χ1) is 12.0. The Morgan fingerprint density at radius 3 is 2.52 bits per heavy atom. The van der Waals surface area contributed by atoms with Gasteiger partial charge in [-0.2, -0.15) is 0 Å². The molecule has 0 atom stereocenters. The van der Waals surface area contributed by atoms with E-state index in [0.29, 0.717) is 16.1 Å². The largest absolute Gasteiger partial charge is 0.465 e. The van der Waals surface area contributed by atoms with Gasteiger partial charge in [0.15, 0.2) is 0 Å². The second-order valence-electron chi connectivity index (χ2n) is 4.89. The van der Waals surface area contributed by atoms with Crippen LogP contribution in [0, 0.1) is 0 Å². The predicted octanol–water partition coefficient (Wildman–Crippen LogP) is 1.99. The van der Waals surface area contributed by atoms with Gasteiger partial charge >= 0.3 is 11.9 Å². The van der Waals surface area contributed by atoms with E-state index in [-0.39, 0.29) is 18.8 Å².